The van der Waals surface area contributed by atoms with E-state index < -0.39 is 0 Å². The lowest BCUT2D eigenvalue weighted by molar-refractivity contribution is 0.336. The molecule has 0 unspecified atom stereocenters. The van der Waals surface area contributed by atoms with E-state index in [1.54, 1.807) is 24.9 Å². The average Bonchev–Trinajstić information content (AvgIpc) is 3.21. The number of rotatable bonds is 8. The van der Waals surface area contributed by atoms with Crippen LogP contribution in [0.1, 0.15) is 38.1 Å². The van der Waals surface area contributed by atoms with E-state index in [9.17, 15) is 0 Å². The summed E-state index contributed by atoms with van der Waals surface area (Å²) in [4.78, 5) is 0. The predicted molar refractivity (Wildman–Crippen MR) is 127 cm³/mol. The van der Waals surface area contributed by atoms with Gasteiger partial charge in [0.15, 0.2) is 11.0 Å². The summed E-state index contributed by atoms with van der Waals surface area (Å²) >= 11 is 14.3. The number of benzene rings is 2. The first kappa shape index (κ1) is 22.3. The monoisotopic (exact) mass is 477 g/mol. The zero-order valence-electron chi connectivity index (χ0n) is 17.4. The highest BCUT2D eigenvalue weighted by Crippen LogP contribution is 2.38. The van der Waals surface area contributed by atoms with Crippen LogP contribution < -0.4 is 9.47 Å². The van der Waals surface area contributed by atoms with Gasteiger partial charge in [0.25, 0.3) is 0 Å². The third-order valence-corrected chi connectivity index (χ3v) is 6.87. The number of thioether (sulfide) groups is 1. The smallest absolute Gasteiger partial charge is 0.191 e. The first-order valence-electron chi connectivity index (χ1n) is 10.5. The van der Waals surface area contributed by atoms with Crippen molar-refractivity contribution < 1.29 is 9.47 Å². The van der Waals surface area contributed by atoms with E-state index in [2.05, 4.69) is 14.8 Å². The van der Waals surface area contributed by atoms with Gasteiger partial charge in [-0.2, -0.15) is 0 Å². The second kappa shape index (κ2) is 10.6. The quantitative estimate of drug-likeness (QED) is 0.259. The molecular weight excluding hydrogens is 453 g/mol. The normalized spacial score (nSPS) is 14.5. The summed E-state index contributed by atoms with van der Waals surface area (Å²) in [5, 5.41) is 11.1. The van der Waals surface area contributed by atoms with Crippen LogP contribution in [0.15, 0.2) is 47.6 Å². The Morgan fingerprint density at radius 3 is 2.45 bits per heavy atom. The lowest BCUT2D eigenvalue weighted by atomic mass is 9.95. The largest absolute Gasteiger partial charge is 0.497 e. The summed E-state index contributed by atoms with van der Waals surface area (Å²) < 4.78 is 13.3. The van der Waals surface area contributed by atoms with Crippen LogP contribution in [0.3, 0.4) is 0 Å². The zero-order valence-corrected chi connectivity index (χ0v) is 19.7. The Kier molecular flexibility index (Phi) is 7.64. The van der Waals surface area contributed by atoms with Crippen molar-refractivity contribution in [3.8, 4) is 22.9 Å². The van der Waals surface area contributed by atoms with E-state index >= 15 is 0 Å². The molecule has 0 saturated heterocycles. The van der Waals surface area contributed by atoms with Crippen molar-refractivity contribution in [1.82, 2.24) is 14.8 Å². The fraction of sp³-hybridized carbons (Fsp3) is 0.391. The second-order valence-corrected chi connectivity index (χ2v) is 9.37. The minimum atomic E-state index is 0.385. The molecule has 4 rings (SSSR count). The Labute approximate surface area is 197 Å². The maximum absolute atomic E-state index is 6.50. The van der Waals surface area contributed by atoms with Gasteiger partial charge in [0.1, 0.15) is 11.5 Å². The van der Waals surface area contributed by atoms with Gasteiger partial charge in [0.2, 0.25) is 0 Å². The summed E-state index contributed by atoms with van der Waals surface area (Å²) in [5.41, 5.74) is 0.866. The van der Waals surface area contributed by atoms with Gasteiger partial charge in [0, 0.05) is 22.4 Å². The fourth-order valence-electron chi connectivity index (χ4n) is 3.86. The molecule has 2 aromatic carbocycles. The van der Waals surface area contributed by atoms with Crippen LogP contribution in [0.2, 0.25) is 10.0 Å². The Morgan fingerprint density at radius 1 is 1.00 bits per heavy atom. The maximum Gasteiger partial charge on any atom is 0.191 e. The van der Waals surface area contributed by atoms with E-state index in [1.165, 1.54) is 19.3 Å². The van der Waals surface area contributed by atoms with E-state index in [0.717, 1.165) is 46.6 Å². The van der Waals surface area contributed by atoms with E-state index in [-0.39, 0.29) is 0 Å². The van der Waals surface area contributed by atoms with Crippen molar-refractivity contribution in [2.24, 2.45) is 0 Å². The van der Waals surface area contributed by atoms with Crippen molar-refractivity contribution in [1.29, 1.82) is 0 Å². The van der Waals surface area contributed by atoms with Gasteiger partial charge in [0.05, 0.1) is 18.7 Å². The number of aromatic nitrogens is 3. The number of hydrogen-bond acceptors (Lipinski definition) is 5. The molecule has 0 N–H and O–H groups in total. The van der Waals surface area contributed by atoms with Crippen molar-refractivity contribution in [2.45, 2.75) is 43.3 Å². The van der Waals surface area contributed by atoms with Crippen LogP contribution in [0.5, 0.6) is 11.5 Å². The van der Waals surface area contributed by atoms with Crippen molar-refractivity contribution in [2.75, 3.05) is 19.5 Å². The molecule has 1 aliphatic carbocycles. The molecule has 1 fully saturated rings. The van der Waals surface area contributed by atoms with Crippen LogP contribution in [0.4, 0.5) is 0 Å². The molecular formula is C23H25Cl2N3O2S. The molecule has 0 aliphatic heterocycles. The summed E-state index contributed by atoms with van der Waals surface area (Å²) in [6.07, 6.45) is 5.99. The van der Waals surface area contributed by atoms with E-state index in [0.29, 0.717) is 22.7 Å². The van der Waals surface area contributed by atoms with Crippen LogP contribution >= 0.6 is 35.0 Å². The van der Waals surface area contributed by atoms with Crippen LogP contribution in [0, 0.1) is 0 Å². The topological polar surface area (TPSA) is 49.2 Å². The number of halogens is 2. The molecule has 0 spiro atoms. The van der Waals surface area contributed by atoms with Gasteiger partial charge < -0.3 is 9.47 Å². The van der Waals surface area contributed by atoms with Gasteiger partial charge >= 0.3 is 0 Å². The van der Waals surface area contributed by atoms with Gasteiger partial charge in [-0.05, 0) is 55.3 Å². The Bertz CT molecular complexity index is 1000. The van der Waals surface area contributed by atoms with E-state index in [4.69, 9.17) is 32.7 Å². The second-order valence-electron chi connectivity index (χ2n) is 7.46. The van der Waals surface area contributed by atoms with Gasteiger partial charge in [-0.15, -0.1) is 10.2 Å². The molecule has 5 nitrogen and oxygen atoms in total. The number of ether oxygens (including phenoxy) is 2. The molecule has 1 heterocycles. The first-order chi connectivity index (χ1) is 15.2. The van der Waals surface area contributed by atoms with Crippen LogP contribution in [-0.4, -0.2) is 34.2 Å². The summed E-state index contributed by atoms with van der Waals surface area (Å²) in [7, 11) is 1.65. The SMILES string of the molecule is COc1ccc(OCCSc2nnc(-c3ccc(Cl)cc3Cl)n2C2CCCCC2)cc1. The van der Waals surface area contributed by atoms with Gasteiger partial charge in [-0.3, -0.25) is 4.57 Å². The minimum absolute atomic E-state index is 0.385. The standard InChI is InChI=1S/C23H25Cl2N3O2S/c1-29-18-8-10-19(11-9-18)30-13-14-31-23-27-26-22(20-12-7-16(24)15-21(20)25)28(23)17-5-3-2-4-6-17/h7-12,15,17H,2-6,13-14H2,1H3. The third kappa shape index (κ3) is 5.48. The first-order valence-corrected chi connectivity index (χ1v) is 12.2. The molecule has 1 aromatic heterocycles. The number of methoxy groups -OCH3 is 1. The highest BCUT2D eigenvalue weighted by molar-refractivity contribution is 7.99. The Hall–Kier alpha value is -1.89. The number of hydrogen-bond donors (Lipinski definition) is 0. The molecule has 3 aromatic rings. The Balaban J connectivity index is 1.49. The molecule has 31 heavy (non-hydrogen) atoms. The highest BCUT2D eigenvalue weighted by Gasteiger charge is 2.24. The molecule has 0 radical (unpaired) electrons. The molecule has 0 atom stereocenters. The van der Waals surface area contributed by atoms with Crippen molar-refractivity contribution in [3.63, 3.8) is 0 Å². The zero-order chi connectivity index (χ0) is 21.6. The molecule has 1 aliphatic rings. The fourth-order valence-corrected chi connectivity index (χ4v) is 5.18. The minimum Gasteiger partial charge on any atom is -0.497 e. The third-order valence-electron chi connectivity index (χ3n) is 5.42. The van der Waals surface area contributed by atoms with Gasteiger partial charge in [-0.25, -0.2) is 0 Å². The highest BCUT2D eigenvalue weighted by atomic mass is 35.5. The average molecular weight is 478 g/mol. The maximum atomic E-state index is 6.50. The predicted octanol–water partition coefficient (Wildman–Crippen LogP) is 6.94. The molecule has 8 heteroatoms. The van der Waals surface area contributed by atoms with Crippen molar-refractivity contribution >= 4 is 35.0 Å². The Morgan fingerprint density at radius 2 is 1.74 bits per heavy atom. The van der Waals surface area contributed by atoms with Crippen LogP contribution in [0.25, 0.3) is 11.4 Å². The molecule has 0 amide bonds. The molecule has 0 bridgehead atoms. The van der Waals surface area contributed by atoms with Gasteiger partial charge in [-0.1, -0.05) is 54.2 Å². The van der Waals surface area contributed by atoms with Crippen molar-refractivity contribution in [3.05, 3.63) is 52.5 Å². The van der Waals surface area contributed by atoms with Crippen LogP contribution in [-0.2, 0) is 0 Å². The summed E-state index contributed by atoms with van der Waals surface area (Å²) in [6, 6.07) is 13.5. The summed E-state index contributed by atoms with van der Waals surface area (Å²) in [5.74, 6) is 3.22. The molecule has 1 saturated carbocycles. The lowest BCUT2D eigenvalue weighted by Gasteiger charge is -2.25. The summed E-state index contributed by atoms with van der Waals surface area (Å²) in [6.45, 7) is 0.575. The number of nitrogens with zero attached hydrogens (tertiary/aromatic N) is 3. The lowest BCUT2D eigenvalue weighted by Crippen LogP contribution is -2.15. The molecule has 164 valence electrons. The van der Waals surface area contributed by atoms with E-state index in [1.807, 2.05) is 36.4 Å².